The van der Waals surface area contributed by atoms with Crippen molar-refractivity contribution in [3.05, 3.63) is 34.9 Å². The van der Waals surface area contributed by atoms with Crippen LogP contribution in [0.3, 0.4) is 0 Å². The van der Waals surface area contributed by atoms with Crippen molar-refractivity contribution < 1.29 is 14.7 Å². The van der Waals surface area contributed by atoms with Gasteiger partial charge in [0, 0.05) is 17.6 Å². The van der Waals surface area contributed by atoms with E-state index in [0.717, 1.165) is 5.56 Å². The summed E-state index contributed by atoms with van der Waals surface area (Å²) >= 11 is 5.87. The third-order valence-corrected chi connectivity index (χ3v) is 4.37. The average molecular weight is 340 g/mol. The summed E-state index contributed by atoms with van der Waals surface area (Å²) in [7, 11) is 0. The van der Waals surface area contributed by atoms with E-state index in [1.165, 1.54) is 0 Å². The second-order valence-electron chi connectivity index (χ2n) is 6.41. The summed E-state index contributed by atoms with van der Waals surface area (Å²) < 4.78 is 0. The molecular formula is C16H22ClN3O3. The Morgan fingerprint density at radius 1 is 1.30 bits per heavy atom. The van der Waals surface area contributed by atoms with E-state index in [1.54, 1.807) is 13.8 Å². The SMILES string of the molecule is CC(C)(CCNC(=O)C1CC(c2ccc(Cl)cc2)NN1)C(=O)O. The van der Waals surface area contributed by atoms with Crippen LogP contribution in [0.4, 0.5) is 0 Å². The fraction of sp³-hybridized carbons (Fsp3) is 0.500. The van der Waals surface area contributed by atoms with Gasteiger partial charge in [0.2, 0.25) is 5.91 Å². The van der Waals surface area contributed by atoms with Gasteiger partial charge in [0.05, 0.1) is 5.41 Å². The maximum absolute atomic E-state index is 12.1. The van der Waals surface area contributed by atoms with Crippen molar-refractivity contribution in [3.8, 4) is 0 Å². The van der Waals surface area contributed by atoms with Crippen molar-refractivity contribution in [1.29, 1.82) is 0 Å². The Morgan fingerprint density at radius 2 is 1.96 bits per heavy atom. The molecule has 1 saturated heterocycles. The molecule has 1 aliphatic heterocycles. The number of carbonyl (C=O) groups is 2. The molecule has 23 heavy (non-hydrogen) atoms. The molecule has 2 atom stereocenters. The molecule has 0 saturated carbocycles. The molecular weight excluding hydrogens is 318 g/mol. The van der Waals surface area contributed by atoms with Gasteiger partial charge in [-0.05, 0) is 44.4 Å². The Morgan fingerprint density at radius 3 is 2.57 bits per heavy atom. The molecule has 2 rings (SSSR count). The monoisotopic (exact) mass is 339 g/mol. The number of carbonyl (C=O) groups excluding carboxylic acids is 1. The Kier molecular flexibility index (Phi) is 5.62. The fourth-order valence-electron chi connectivity index (χ4n) is 2.37. The summed E-state index contributed by atoms with van der Waals surface area (Å²) in [6.07, 6.45) is 1.00. The highest BCUT2D eigenvalue weighted by molar-refractivity contribution is 6.30. The normalized spacial score (nSPS) is 21.2. The molecule has 0 radical (unpaired) electrons. The number of aliphatic carboxylic acids is 1. The highest BCUT2D eigenvalue weighted by atomic mass is 35.5. The molecule has 1 amide bonds. The lowest BCUT2D eigenvalue weighted by Crippen LogP contribution is -2.44. The van der Waals surface area contributed by atoms with Gasteiger partial charge in [0.15, 0.2) is 0 Å². The largest absolute Gasteiger partial charge is 0.481 e. The van der Waals surface area contributed by atoms with Crippen LogP contribution in [0.25, 0.3) is 0 Å². The van der Waals surface area contributed by atoms with Crippen molar-refractivity contribution in [3.63, 3.8) is 0 Å². The van der Waals surface area contributed by atoms with E-state index in [4.69, 9.17) is 16.7 Å². The van der Waals surface area contributed by atoms with Gasteiger partial charge in [0.25, 0.3) is 0 Å². The molecule has 1 heterocycles. The van der Waals surface area contributed by atoms with Gasteiger partial charge >= 0.3 is 5.97 Å². The van der Waals surface area contributed by atoms with E-state index in [-0.39, 0.29) is 18.0 Å². The van der Waals surface area contributed by atoms with Crippen LogP contribution in [0, 0.1) is 5.41 Å². The molecule has 6 nitrogen and oxygen atoms in total. The van der Waals surface area contributed by atoms with E-state index in [1.807, 2.05) is 24.3 Å². The molecule has 1 aromatic carbocycles. The van der Waals surface area contributed by atoms with Crippen molar-refractivity contribution in [2.24, 2.45) is 5.41 Å². The van der Waals surface area contributed by atoms with E-state index < -0.39 is 11.4 Å². The van der Waals surface area contributed by atoms with Crippen LogP contribution < -0.4 is 16.2 Å². The van der Waals surface area contributed by atoms with Crippen molar-refractivity contribution >= 4 is 23.5 Å². The molecule has 2 unspecified atom stereocenters. The van der Waals surface area contributed by atoms with Crippen LogP contribution in [0.15, 0.2) is 24.3 Å². The number of hydrazine groups is 1. The number of hydrogen-bond acceptors (Lipinski definition) is 4. The third kappa shape index (κ3) is 4.67. The Hall–Kier alpha value is -1.63. The average Bonchev–Trinajstić information content (AvgIpc) is 2.97. The molecule has 0 spiro atoms. The van der Waals surface area contributed by atoms with Gasteiger partial charge < -0.3 is 10.4 Å². The standard InChI is InChI=1S/C16H22ClN3O3/c1-16(2,15(22)23)7-8-18-14(21)13-9-12(19-20-13)10-3-5-11(17)6-4-10/h3-6,12-13,19-20H,7-9H2,1-2H3,(H,18,21)(H,22,23). The molecule has 126 valence electrons. The predicted molar refractivity (Wildman–Crippen MR) is 87.9 cm³/mol. The van der Waals surface area contributed by atoms with E-state index in [2.05, 4.69) is 16.2 Å². The fourth-order valence-corrected chi connectivity index (χ4v) is 2.50. The molecule has 1 fully saturated rings. The highest BCUT2D eigenvalue weighted by Crippen LogP contribution is 2.24. The minimum absolute atomic E-state index is 0.0403. The number of benzene rings is 1. The molecule has 7 heteroatoms. The number of nitrogens with one attached hydrogen (secondary N) is 3. The summed E-state index contributed by atoms with van der Waals surface area (Å²) in [6.45, 7) is 3.63. The minimum atomic E-state index is -0.866. The van der Waals surface area contributed by atoms with E-state index in [0.29, 0.717) is 24.4 Å². The molecule has 4 N–H and O–H groups in total. The van der Waals surface area contributed by atoms with Gasteiger partial charge in [-0.15, -0.1) is 0 Å². The molecule has 0 bridgehead atoms. The number of hydrogen-bond donors (Lipinski definition) is 4. The number of halogens is 1. The van der Waals surface area contributed by atoms with Crippen molar-refractivity contribution in [1.82, 2.24) is 16.2 Å². The molecule has 0 aliphatic carbocycles. The van der Waals surface area contributed by atoms with Crippen molar-refractivity contribution in [2.45, 2.75) is 38.8 Å². The minimum Gasteiger partial charge on any atom is -0.481 e. The third-order valence-electron chi connectivity index (χ3n) is 4.12. The first kappa shape index (κ1) is 17.7. The molecule has 0 aromatic heterocycles. The molecule has 1 aliphatic rings. The van der Waals surface area contributed by atoms with Gasteiger partial charge in [-0.1, -0.05) is 23.7 Å². The van der Waals surface area contributed by atoms with E-state index >= 15 is 0 Å². The lowest BCUT2D eigenvalue weighted by atomic mass is 9.89. The number of carboxylic acids is 1. The van der Waals surface area contributed by atoms with E-state index in [9.17, 15) is 9.59 Å². The summed E-state index contributed by atoms with van der Waals surface area (Å²) in [6, 6.07) is 7.19. The maximum Gasteiger partial charge on any atom is 0.309 e. The first-order chi connectivity index (χ1) is 10.8. The van der Waals surface area contributed by atoms with Crippen LogP contribution in [0.2, 0.25) is 5.02 Å². The zero-order valence-electron chi connectivity index (χ0n) is 13.2. The topological polar surface area (TPSA) is 90.5 Å². The number of rotatable bonds is 6. The predicted octanol–water partition coefficient (Wildman–Crippen LogP) is 1.86. The van der Waals surface area contributed by atoms with Crippen molar-refractivity contribution in [2.75, 3.05) is 6.54 Å². The maximum atomic E-state index is 12.1. The van der Waals surface area contributed by atoms with Gasteiger partial charge in [0.1, 0.15) is 6.04 Å². The smallest absolute Gasteiger partial charge is 0.309 e. The van der Waals surface area contributed by atoms with Crippen LogP contribution in [-0.2, 0) is 9.59 Å². The lowest BCUT2D eigenvalue weighted by molar-refractivity contribution is -0.147. The first-order valence-corrected chi connectivity index (χ1v) is 7.95. The Balaban J connectivity index is 1.81. The van der Waals surface area contributed by atoms with Crippen LogP contribution in [-0.4, -0.2) is 29.6 Å². The Bertz CT molecular complexity index is 574. The van der Waals surface area contributed by atoms with Crippen LogP contribution in [0.1, 0.15) is 38.3 Å². The zero-order chi connectivity index (χ0) is 17.0. The lowest BCUT2D eigenvalue weighted by Gasteiger charge is -2.19. The number of amides is 1. The van der Waals surface area contributed by atoms with Crippen LogP contribution >= 0.6 is 11.6 Å². The summed E-state index contributed by atoms with van der Waals surface area (Å²) in [5.74, 6) is -0.995. The van der Waals surface area contributed by atoms with Gasteiger partial charge in [-0.2, -0.15) is 0 Å². The second-order valence-corrected chi connectivity index (χ2v) is 6.85. The summed E-state index contributed by atoms with van der Waals surface area (Å²) in [5.41, 5.74) is 6.29. The number of carboxylic acid groups (broad SMARTS) is 1. The summed E-state index contributed by atoms with van der Waals surface area (Å²) in [4.78, 5) is 23.2. The van der Waals surface area contributed by atoms with Gasteiger partial charge in [-0.25, -0.2) is 10.9 Å². The first-order valence-electron chi connectivity index (χ1n) is 7.57. The second kappa shape index (κ2) is 7.29. The summed E-state index contributed by atoms with van der Waals surface area (Å²) in [5, 5.41) is 12.5. The van der Waals surface area contributed by atoms with Crippen LogP contribution in [0.5, 0.6) is 0 Å². The quantitative estimate of drug-likeness (QED) is 0.635. The molecule has 1 aromatic rings. The zero-order valence-corrected chi connectivity index (χ0v) is 14.0. The Labute approximate surface area is 140 Å². The van der Waals surface area contributed by atoms with Gasteiger partial charge in [-0.3, -0.25) is 9.59 Å². The highest BCUT2D eigenvalue weighted by Gasteiger charge is 2.31.